The second kappa shape index (κ2) is 9.29. The van der Waals surface area contributed by atoms with Crippen molar-refractivity contribution in [2.24, 2.45) is 0 Å². The van der Waals surface area contributed by atoms with E-state index in [1.165, 1.54) is 18.4 Å². The van der Waals surface area contributed by atoms with E-state index in [9.17, 15) is 9.59 Å². The standard InChI is InChI=1S/C17H19ClN2O4S/c1-20(11-12-7-8-15(18)25-12)17(22)19-13-5-3-4-6-14(13)24-10-9-16(21)23-2/h3-8H,9-11H2,1-2H3,(H,19,22). The van der Waals surface area contributed by atoms with E-state index in [0.29, 0.717) is 22.3 Å². The Morgan fingerprint density at radius 3 is 2.68 bits per heavy atom. The summed E-state index contributed by atoms with van der Waals surface area (Å²) in [5, 5.41) is 2.81. The minimum absolute atomic E-state index is 0.137. The number of anilines is 1. The number of nitrogens with one attached hydrogen (secondary N) is 1. The molecule has 0 aliphatic carbocycles. The molecule has 2 amide bonds. The number of hydrogen-bond donors (Lipinski definition) is 1. The van der Waals surface area contributed by atoms with Gasteiger partial charge in [-0.3, -0.25) is 4.79 Å². The highest BCUT2D eigenvalue weighted by atomic mass is 35.5. The molecule has 0 spiro atoms. The third kappa shape index (κ3) is 5.95. The Labute approximate surface area is 155 Å². The highest BCUT2D eigenvalue weighted by molar-refractivity contribution is 7.16. The molecule has 1 aromatic heterocycles. The van der Waals surface area contributed by atoms with Crippen LogP contribution in [0.1, 0.15) is 11.3 Å². The quantitative estimate of drug-likeness (QED) is 0.735. The lowest BCUT2D eigenvalue weighted by Crippen LogP contribution is -2.30. The fourth-order valence-corrected chi connectivity index (χ4v) is 3.14. The average Bonchev–Trinajstić information content (AvgIpc) is 3.00. The highest BCUT2D eigenvalue weighted by Gasteiger charge is 2.13. The maximum absolute atomic E-state index is 12.4. The van der Waals surface area contributed by atoms with E-state index in [4.69, 9.17) is 16.3 Å². The number of para-hydroxylation sites is 2. The number of ether oxygens (including phenoxy) is 2. The van der Waals surface area contributed by atoms with Gasteiger partial charge < -0.3 is 19.7 Å². The summed E-state index contributed by atoms with van der Waals surface area (Å²) in [5.41, 5.74) is 0.536. The zero-order valence-electron chi connectivity index (χ0n) is 14.0. The molecule has 2 aromatic rings. The topological polar surface area (TPSA) is 67.9 Å². The van der Waals surface area contributed by atoms with Crippen molar-refractivity contribution >= 4 is 40.6 Å². The number of thiophene rings is 1. The summed E-state index contributed by atoms with van der Waals surface area (Å²) in [5.74, 6) is 0.142. The maximum atomic E-state index is 12.4. The Kier molecular flexibility index (Phi) is 7.09. The molecule has 0 atom stereocenters. The monoisotopic (exact) mass is 382 g/mol. The van der Waals surface area contributed by atoms with E-state index in [0.717, 1.165) is 4.88 Å². The van der Waals surface area contributed by atoms with Crippen LogP contribution in [0.15, 0.2) is 36.4 Å². The number of urea groups is 1. The fraction of sp³-hybridized carbons (Fsp3) is 0.294. The molecule has 0 radical (unpaired) electrons. The Bertz CT molecular complexity index is 735. The third-order valence-electron chi connectivity index (χ3n) is 3.29. The number of esters is 1. The summed E-state index contributed by atoms with van der Waals surface area (Å²) in [4.78, 5) is 26.0. The van der Waals surface area contributed by atoms with Gasteiger partial charge in [-0.2, -0.15) is 0 Å². The minimum Gasteiger partial charge on any atom is -0.491 e. The summed E-state index contributed by atoms with van der Waals surface area (Å²) in [6, 6.07) is 10.5. The zero-order chi connectivity index (χ0) is 18.2. The Balaban J connectivity index is 1.94. The van der Waals surface area contributed by atoms with E-state index < -0.39 is 0 Å². The van der Waals surface area contributed by atoms with E-state index in [2.05, 4.69) is 10.1 Å². The molecule has 1 heterocycles. The molecule has 0 aliphatic heterocycles. The molecule has 0 saturated heterocycles. The van der Waals surface area contributed by atoms with E-state index in [-0.39, 0.29) is 25.0 Å². The minimum atomic E-state index is -0.351. The van der Waals surface area contributed by atoms with Crippen LogP contribution in [0.25, 0.3) is 0 Å². The Hall–Kier alpha value is -2.25. The van der Waals surface area contributed by atoms with Crippen molar-refractivity contribution in [2.75, 3.05) is 26.1 Å². The summed E-state index contributed by atoms with van der Waals surface area (Å²) < 4.78 is 10.8. The molecular weight excluding hydrogens is 364 g/mol. The molecule has 1 N–H and O–H groups in total. The van der Waals surface area contributed by atoms with Gasteiger partial charge in [0.1, 0.15) is 5.75 Å². The number of hydrogen-bond acceptors (Lipinski definition) is 5. The van der Waals surface area contributed by atoms with Crippen LogP contribution >= 0.6 is 22.9 Å². The molecule has 0 saturated carbocycles. The molecule has 1 aromatic carbocycles. The van der Waals surface area contributed by atoms with Gasteiger partial charge in [-0.05, 0) is 24.3 Å². The lowest BCUT2D eigenvalue weighted by Gasteiger charge is -2.18. The predicted octanol–water partition coefficient (Wildman–Crippen LogP) is 4.01. The molecule has 2 rings (SSSR count). The number of carbonyl (C=O) groups is 2. The van der Waals surface area contributed by atoms with Crippen LogP contribution in [0.3, 0.4) is 0 Å². The van der Waals surface area contributed by atoms with Crippen LogP contribution in [0.4, 0.5) is 10.5 Å². The van der Waals surface area contributed by atoms with Gasteiger partial charge in [0.05, 0.1) is 36.7 Å². The summed E-state index contributed by atoms with van der Waals surface area (Å²) in [7, 11) is 3.02. The Morgan fingerprint density at radius 1 is 1.24 bits per heavy atom. The number of benzene rings is 1. The first-order valence-corrected chi connectivity index (χ1v) is 8.74. The van der Waals surface area contributed by atoms with Crippen LogP contribution in [0.5, 0.6) is 5.75 Å². The van der Waals surface area contributed by atoms with Gasteiger partial charge in [0.25, 0.3) is 0 Å². The number of amides is 2. The van der Waals surface area contributed by atoms with Crippen LogP contribution in [-0.2, 0) is 16.1 Å². The predicted molar refractivity (Wildman–Crippen MR) is 98.4 cm³/mol. The van der Waals surface area contributed by atoms with Crippen molar-refractivity contribution in [3.8, 4) is 5.75 Å². The highest BCUT2D eigenvalue weighted by Crippen LogP contribution is 2.25. The molecule has 0 unspecified atom stereocenters. The number of methoxy groups -OCH3 is 1. The molecule has 8 heteroatoms. The first-order chi connectivity index (χ1) is 12.0. The number of rotatable bonds is 7. The molecule has 6 nitrogen and oxygen atoms in total. The number of carbonyl (C=O) groups excluding carboxylic acids is 2. The van der Waals surface area contributed by atoms with Crippen molar-refractivity contribution in [1.82, 2.24) is 4.90 Å². The zero-order valence-corrected chi connectivity index (χ0v) is 15.5. The van der Waals surface area contributed by atoms with Gasteiger partial charge in [0, 0.05) is 11.9 Å². The number of nitrogens with zero attached hydrogens (tertiary/aromatic N) is 1. The second-order valence-electron chi connectivity index (χ2n) is 5.16. The van der Waals surface area contributed by atoms with Crippen molar-refractivity contribution in [2.45, 2.75) is 13.0 Å². The van der Waals surface area contributed by atoms with E-state index in [1.807, 2.05) is 6.07 Å². The second-order valence-corrected chi connectivity index (χ2v) is 6.96. The maximum Gasteiger partial charge on any atom is 0.322 e. The molecule has 0 bridgehead atoms. The van der Waals surface area contributed by atoms with Gasteiger partial charge >= 0.3 is 12.0 Å². The van der Waals surface area contributed by atoms with Gasteiger partial charge in [-0.25, -0.2) is 4.79 Å². The van der Waals surface area contributed by atoms with E-state index >= 15 is 0 Å². The number of halogens is 1. The summed E-state index contributed by atoms with van der Waals surface area (Å²) in [6.07, 6.45) is 0.137. The summed E-state index contributed by atoms with van der Waals surface area (Å²) >= 11 is 7.34. The van der Waals surface area contributed by atoms with Crippen LogP contribution in [0, 0.1) is 0 Å². The lowest BCUT2D eigenvalue weighted by molar-refractivity contribution is -0.141. The summed E-state index contributed by atoms with van der Waals surface area (Å²) in [6.45, 7) is 0.623. The van der Waals surface area contributed by atoms with Gasteiger partial charge in [0.15, 0.2) is 0 Å². The van der Waals surface area contributed by atoms with Crippen LogP contribution in [0.2, 0.25) is 4.34 Å². The van der Waals surface area contributed by atoms with Gasteiger partial charge in [0.2, 0.25) is 0 Å². The van der Waals surface area contributed by atoms with Gasteiger partial charge in [-0.1, -0.05) is 23.7 Å². The van der Waals surface area contributed by atoms with Crippen LogP contribution in [-0.4, -0.2) is 37.7 Å². The SMILES string of the molecule is COC(=O)CCOc1ccccc1NC(=O)N(C)Cc1ccc(Cl)s1. The average molecular weight is 383 g/mol. The third-order valence-corrected chi connectivity index (χ3v) is 4.50. The molecule has 134 valence electrons. The lowest BCUT2D eigenvalue weighted by atomic mass is 10.3. The van der Waals surface area contributed by atoms with Crippen molar-refractivity contribution in [3.05, 3.63) is 45.6 Å². The van der Waals surface area contributed by atoms with Crippen molar-refractivity contribution < 1.29 is 19.1 Å². The van der Waals surface area contributed by atoms with Crippen molar-refractivity contribution in [1.29, 1.82) is 0 Å². The molecule has 0 fully saturated rings. The van der Waals surface area contributed by atoms with Gasteiger partial charge in [-0.15, -0.1) is 11.3 Å². The Morgan fingerprint density at radius 2 is 2.00 bits per heavy atom. The van der Waals surface area contributed by atoms with Crippen molar-refractivity contribution in [3.63, 3.8) is 0 Å². The molecule has 0 aliphatic rings. The largest absolute Gasteiger partial charge is 0.491 e. The van der Waals surface area contributed by atoms with Crippen LogP contribution < -0.4 is 10.1 Å². The fourth-order valence-electron chi connectivity index (χ4n) is 2.00. The normalized spacial score (nSPS) is 10.2. The molecular formula is C17H19ClN2O4S. The smallest absolute Gasteiger partial charge is 0.322 e. The first-order valence-electron chi connectivity index (χ1n) is 7.54. The first kappa shape index (κ1) is 19.1. The molecule has 25 heavy (non-hydrogen) atoms. The van der Waals surface area contributed by atoms with E-state index in [1.54, 1.807) is 42.3 Å².